The molecule has 3 nitrogen and oxygen atoms in total. The van der Waals surface area contributed by atoms with E-state index < -0.39 is 6.86 Å². The van der Waals surface area contributed by atoms with Crippen LogP contribution in [0.25, 0.3) is 0 Å². The van der Waals surface area contributed by atoms with Crippen LogP contribution in [0.2, 0.25) is 0 Å². The zero-order valence-corrected chi connectivity index (χ0v) is 5.60. The Balaban J connectivity index is 3.16. The molecule has 0 atom stereocenters. The van der Waals surface area contributed by atoms with Crippen LogP contribution >= 0.6 is 0 Å². The summed E-state index contributed by atoms with van der Waals surface area (Å²) in [6, 6.07) is 0. The van der Waals surface area contributed by atoms with Gasteiger partial charge in [0.2, 0.25) is 5.91 Å². The topological polar surface area (TPSA) is 38.3 Å². The Kier molecular flexibility index (Phi) is 5.66. The van der Waals surface area contributed by atoms with Gasteiger partial charge in [0, 0.05) is 6.54 Å². The van der Waals surface area contributed by atoms with E-state index in [0.29, 0.717) is 6.54 Å². The van der Waals surface area contributed by atoms with Gasteiger partial charge in [-0.25, -0.2) is 4.39 Å². The van der Waals surface area contributed by atoms with Crippen molar-refractivity contribution in [3.05, 3.63) is 12.7 Å². The van der Waals surface area contributed by atoms with Gasteiger partial charge in [-0.15, -0.1) is 6.58 Å². The highest BCUT2D eigenvalue weighted by Gasteiger charge is 1.96. The number of hydrogen-bond acceptors (Lipinski definition) is 2. The van der Waals surface area contributed by atoms with E-state index in [1.807, 2.05) is 0 Å². The van der Waals surface area contributed by atoms with Crippen molar-refractivity contribution in [3.63, 3.8) is 0 Å². The molecule has 1 N–H and O–H groups in total. The van der Waals surface area contributed by atoms with Gasteiger partial charge < -0.3 is 10.1 Å². The summed E-state index contributed by atoms with van der Waals surface area (Å²) in [7, 11) is 0. The number of amides is 1. The molecule has 0 aromatic rings. The van der Waals surface area contributed by atoms with E-state index >= 15 is 0 Å². The minimum Gasteiger partial charge on any atom is -0.351 e. The molecule has 0 saturated heterocycles. The molecule has 0 radical (unpaired) electrons. The molecule has 0 aliphatic rings. The van der Waals surface area contributed by atoms with Crippen LogP contribution in [-0.4, -0.2) is 25.9 Å². The average molecular weight is 147 g/mol. The average Bonchev–Trinajstić information content (AvgIpc) is 1.97. The first-order chi connectivity index (χ1) is 4.81. The Labute approximate surface area is 58.9 Å². The van der Waals surface area contributed by atoms with Crippen molar-refractivity contribution in [3.8, 4) is 0 Å². The third-order valence-corrected chi connectivity index (χ3v) is 0.754. The standard InChI is InChI=1S/C6H10FNO2/c1-2-3-8-6(9)4-10-5-7/h2H,1,3-5H2,(H,8,9). The highest BCUT2D eigenvalue weighted by atomic mass is 19.1. The minimum atomic E-state index is -0.929. The van der Waals surface area contributed by atoms with Crippen LogP contribution in [0.15, 0.2) is 12.7 Å². The van der Waals surface area contributed by atoms with E-state index in [4.69, 9.17) is 0 Å². The number of carbonyl (C=O) groups excluding carboxylic acids is 1. The summed E-state index contributed by atoms with van der Waals surface area (Å²) in [5.41, 5.74) is 0. The monoisotopic (exact) mass is 147 g/mol. The molecule has 0 aliphatic carbocycles. The second kappa shape index (κ2) is 6.22. The van der Waals surface area contributed by atoms with Crippen molar-refractivity contribution in [2.24, 2.45) is 0 Å². The molecule has 0 aromatic carbocycles. The summed E-state index contributed by atoms with van der Waals surface area (Å²) in [5, 5.41) is 2.42. The fourth-order valence-corrected chi connectivity index (χ4v) is 0.368. The molecule has 0 aliphatic heterocycles. The third kappa shape index (κ3) is 5.24. The molecule has 0 unspecified atom stereocenters. The van der Waals surface area contributed by atoms with Gasteiger partial charge in [0.15, 0.2) is 6.86 Å². The normalized spacial score (nSPS) is 8.90. The smallest absolute Gasteiger partial charge is 0.246 e. The minimum absolute atomic E-state index is 0.232. The lowest BCUT2D eigenvalue weighted by Crippen LogP contribution is -2.27. The number of hydrogen-bond donors (Lipinski definition) is 1. The maximum Gasteiger partial charge on any atom is 0.246 e. The maximum atomic E-state index is 11.3. The zero-order chi connectivity index (χ0) is 7.82. The van der Waals surface area contributed by atoms with Gasteiger partial charge in [0.25, 0.3) is 0 Å². The van der Waals surface area contributed by atoms with Gasteiger partial charge in [0.1, 0.15) is 6.61 Å². The number of carbonyl (C=O) groups is 1. The van der Waals surface area contributed by atoms with Crippen LogP contribution in [0.3, 0.4) is 0 Å². The lowest BCUT2D eigenvalue weighted by atomic mass is 10.5. The van der Waals surface area contributed by atoms with Gasteiger partial charge in [-0.1, -0.05) is 6.08 Å². The Bertz CT molecular complexity index is 116. The van der Waals surface area contributed by atoms with Gasteiger partial charge in [-0.2, -0.15) is 0 Å². The van der Waals surface area contributed by atoms with Crippen LogP contribution in [0.5, 0.6) is 0 Å². The summed E-state index contributed by atoms with van der Waals surface area (Å²) < 4.78 is 15.4. The van der Waals surface area contributed by atoms with Gasteiger partial charge >= 0.3 is 0 Å². The first kappa shape index (κ1) is 9.10. The molecule has 58 valence electrons. The molecular formula is C6H10FNO2. The number of alkyl halides is 1. The molecule has 0 bridgehead atoms. The highest BCUT2D eigenvalue weighted by Crippen LogP contribution is 1.74. The molecule has 10 heavy (non-hydrogen) atoms. The Morgan fingerprint density at radius 1 is 1.80 bits per heavy atom. The van der Waals surface area contributed by atoms with Crippen LogP contribution in [0, 0.1) is 0 Å². The third-order valence-electron chi connectivity index (χ3n) is 0.754. The summed E-state index contributed by atoms with van der Waals surface area (Å²) in [6.07, 6.45) is 1.54. The summed E-state index contributed by atoms with van der Waals surface area (Å²) in [4.78, 5) is 10.5. The lowest BCUT2D eigenvalue weighted by Gasteiger charge is -1.99. The summed E-state index contributed by atoms with van der Waals surface area (Å²) >= 11 is 0. The first-order valence-corrected chi connectivity index (χ1v) is 2.82. The van der Waals surface area contributed by atoms with Gasteiger partial charge in [0.05, 0.1) is 0 Å². The van der Waals surface area contributed by atoms with Gasteiger partial charge in [-0.05, 0) is 0 Å². The Morgan fingerprint density at radius 2 is 2.50 bits per heavy atom. The van der Waals surface area contributed by atoms with Crippen LogP contribution in [0.1, 0.15) is 0 Å². The van der Waals surface area contributed by atoms with E-state index in [-0.39, 0.29) is 12.5 Å². The highest BCUT2D eigenvalue weighted by molar-refractivity contribution is 5.77. The summed E-state index contributed by atoms with van der Waals surface area (Å²) in [5.74, 6) is -0.336. The largest absolute Gasteiger partial charge is 0.351 e. The predicted molar refractivity (Wildman–Crippen MR) is 35.1 cm³/mol. The Hall–Kier alpha value is -0.900. The quantitative estimate of drug-likeness (QED) is 0.565. The molecular weight excluding hydrogens is 137 g/mol. The number of nitrogens with one attached hydrogen (secondary N) is 1. The molecule has 0 rings (SSSR count). The molecule has 0 heterocycles. The van der Waals surface area contributed by atoms with Crippen molar-refractivity contribution in [2.75, 3.05) is 20.0 Å². The number of halogens is 1. The van der Waals surface area contributed by atoms with E-state index in [0.717, 1.165) is 0 Å². The lowest BCUT2D eigenvalue weighted by molar-refractivity contribution is -0.127. The van der Waals surface area contributed by atoms with Crippen molar-refractivity contribution >= 4 is 5.91 Å². The van der Waals surface area contributed by atoms with E-state index in [9.17, 15) is 9.18 Å². The molecule has 0 aromatic heterocycles. The van der Waals surface area contributed by atoms with Crippen LogP contribution in [0.4, 0.5) is 4.39 Å². The second-order valence-corrected chi connectivity index (χ2v) is 1.55. The van der Waals surface area contributed by atoms with Crippen LogP contribution in [-0.2, 0) is 9.53 Å². The van der Waals surface area contributed by atoms with Crippen molar-refractivity contribution < 1.29 is 13.9 Å². The molecule has 0 fully saturated rings. The van der Waals surface area contributed by atoms with Crippen molar-refractivity contribution in [1.82, 2.24) is 5.32 Å². The predicted octanol–water partition coefficient (Wildman–Crippen LogP) is 0.232. The maximum absolute atomic E-state index is 11.3. The van der Waals surface area contributed by atoms with E-state index in [1.165, 1.54) is 6.08 Å². The van der Waals surface area contributed by atoms with E-state index in [1.54, 1.807) is 0 Å². The number of ether oxygens (including phenoxy) is 1. The van der Waals surface area contributed by atoms with Crippen LogP contribution < -0.4 is 5.32 Å². The molecule has 1 amide bonds. The summed E-state index contributed by atoms with van der Waals surface area (Å²) in [6.45, 7) is 2.61. The fourth-order valence-electron chi connectivity index (χ4n) is 0.368. The fraction of sp³-hybridized carbons (Fsp3) is 0.500. The van der Waals surface area contributed by atoms with Crippen molar-refractivity contribution in [1.29, 1.82) is 0 Å². The number of rotatable bonds is 5. The Morgan fingerprint density at radius 3 is 3.00 bits per heavy atom. The molecule has 4 heteroatoms. The zero-order valence-electron chi connectivity index (χ0n) is 5.60. The van der Waals surface area contributed by atoms with E-state index in [2.05, 4.69) is 16.6 Å². The first-order valence-electron chi connectivity index (χ1n) is 2.82. The van der Waals surface area contributed by atoms with Gasteiger partial charge in [-0.3, -0.25) is 4.79 Å². The SMILES string of the molecule is C=CCNC(=O)COCF. The molecule has 0 saturated carbocycles. The van der Waals surface area contributed by atoms with Crippen molar-refractivity contribution in [2.45, 2.75) is 0 Å². The second-order valence-electron chi connectivity index (χ2n) is 1.55. The molecule has 0 spiro atoms.